The monoisotopic (exact) mass is 317 g/mol. The Hall–Kier alpha value is 0.140. The van der Waals surface area contributed by atoms with E-state index in [0.717, 1.165) is 12.8 Å². The van der Waals surface area contributed by atoms with Gasteiger partial charge >= 0.3 is 0 Å². The summed E-state index contributed by atoms with van der Waals surface area (Å²) in [7, 11) is 0. The Kier molecular flexibility index (Phi) is 3.01. The van der Waals surface area contributed by atoms with Crippen molar-refractivity contribution in [1.82, 2.24) is 0 Å². The Bertz CT molecular complexity index is 374. The van der Waals surface area contributed by atoms with Gasteiger partial charge in [-0.3, -0.25) is 0 Å². The summed E-state index contributed by atoms with van der Waals surface area (Å²) in [5, 5.41) is 0. The molecule has 14 heavy (non-hydrogen) atoms. The molecule has 0 amide bonds. The largest absolute Gasteiger partial charge is 0.324 e. The number of aryl methyl sites for hydroxylation is 1. The molecule has 76 valence electrons. The molecule has 1 nitrogen and oxygen atoms in total. The Morgan fingerprint density at radius 1 is 1.43 bits per heavy atom. The molecule has 0 bridgehead atoms. The van der Waals surface area contributed by atoms with Crippen LogP contribution in [0.1, 0.15) is 35.6 Å². The van der Waals surface area contributed by atoms with Crippen molar-refractivity contribution in [3.63, 3.8) is 0 Å². The summed E-state index contributed by atoms with van der Waals surface area (Å²) in [6.07, 6.45) is 3.44. The maximum Gasteiger partial charge on any atom is 0.0309 e. The topological polar surface area (TPSA) is 26.0 Å². The average Bonchev–Trinajstić information content (AvgIpc) is 2.14. The molecule has 1 aliphatic rings. The lowest BCUT2D eigenvalue weighted by Crippen LogP contribution is -2.18. The molecule has 0 spiro atoms. The maximum atomic E-state index is 6.13. The van der Waals surface area contributed by atoms with Crippen LogP contribution < -0.4 is 5.73 Å². The van der Waals surface area contributed by atoms with E-state index in [1.165, 1.54) is 32.1 Å². The van der Waals surface area contributed by atoms with Crippen LogP contribution in [0.4, 0.5) is 0 Å². The van der Waals surface area contributed by atoms with Crippen LogP contribution in [0.25, 0.3) is 0 Å². The summed E-state index contributed by atoms with van der Waals surface area (Å²) in [6.45, 7) is 2.11. The van der Waals surface area contributed by atoms with Crippen molar-refractivity contribution in [1.29, 1.82) is 0 Å². The summed E-state index contributed by atoms with van der Waals surface area (Å²) < 4.78 is 2.41. The van der Waals surface area contributed by atoms with Crippen LogP contribution >= 0.6 is 31.9 Å². The number of nitrogens with two attached hydrogens (primary N) is 1. The van der Waals surface area contributed by atoms with E-state index < -0.39 is 0 Å². The van der Waals surface area contributed by atoms with Crippen molar-refractivity contribution >= 4 is 31.9 Å². The molecular weight excluding hydrogens is 306 g/mol. The fourth-order valence-electron chi connectivity index (χ4n) is 2.10. The highest BCUT2D eigenvalue weighted by Gasteiger charge is 2.22. The predicted molar refractivity (Wildman–Crippen MR) is 66.4 cm³/mol. The molecule has 2 N–H and O–H groups in total. The second-order valence-electron chi connectivity index (χ2n) is 3.88. The third-order valence-corrected chi connectivity index (χ3v) is 4.61. The van der Waals surface area contributed by atoms with Gasteiger partial charge in [-0.05, 0) is 48.9 Å². The molecule has 1 aromatic carbocycles. The number of hydrogen-bond acceptors (Lipinski definition) is 1. The van der Waals surface area contributed by atoms with E-state index in [0.29, 0.717) is 0 Å². The van der Waals surface area contributed by atoms with E-state index in [1.54, 1.807) is 0 Å². The highest BCUT2D eigenvalue weighted by Crippen LogP contribution is 2.39. The molecule has 0 fully saturated rings. The van der Waals surface area contributed by atoms with E-state index >= 15 is 0 Å². The van der Waals surface area contributed by atoms with Gasteiger partial charge in [0, 0.05) is 15.0 Å². The average molecular weight is 319 g/mol. The van der Waals surface area contributed by atoms with Crippen LogP contribution in [0.5, 0.6) is 0 Å². The van der Waals surface area contributed by atoms with Crippen molar-refractivity contribution in [2.45, 2.75) is 32.2 Å². The molecule has 3 heteroatoms. The van der Waals surface area contributed by atoms with Gasteiger partial charge in [-0.25, -0.2) is 0 Å². The molecule has 0 radical (unpaired) electrons. The second kappa shape index (κ2) is 3.95. The molecule has 0 aliphatic heterocycles. The molecule has 0 saturated carbocycles. The first-order chi connectivity index (χ1) is 6.61. The molecule has 0 unspecified atom stereocenters. The molecule has 1 aliphatic carbocycles. The van der Waals surface area contributed by atoms with E-state index in [2.05, 4.69) is 44.8 Å². The van der Waals surface area contributed by atoms with Crippen LogP contribution in [0.3, 0.4) is 0 Å². The fraction of sp³-hybridized carbons (Fsp3) is 0.455. The van der Waals surface area contributed by atoms with Gasteiger partial charge in [-0.2, -0.15) is 0 Å². The van der Waals surface area contributed by atoms with Crippen molar-refractivity contribution in [3.05, 3.63) is 31.7 Å². The van der Waals surface area contributed by atoms with E-state index in [9.17, 15) is 0 Å². The van der Waals surface area contributed by atoms with Gasteiger partial charge in [-0.15, -0.1) is 0 Å². The van der Waals surface area contributed by atoms with Crippen LogP contribution in [0.2, 0.25) is 0 Å². The van der Waals surface area contributed by atoms with Crippen molar-refractivity contribution in [2.75, 3.05) is 0 Å². The third kappa shape index (κ3) is 1.66. The van der Waals surface area contributed by atoms with Gasteiger partial charge < -0.3 is 5.73 Å². The number of rotatable bonds is 0. The zero-order valence-electron chi connectivity index (χ0n) is 8.11. The fourth-order valence-corrected chi connectivity index (χ4v) is 3.50. The summed E-state index contributed by atoms with van der Waals surface area (Å²) in [5.74, 6) is 0. The lowest BCUT2D eigenvalue weighted by atomic mass is 9.87. The molecule has 2 rings (SSSR count). The molecular formula is C11H13Br2N. The smallest absolute Gasteiger partial charge is 0.0309 e. The Morgan fingerprint density at radius 3 is 2.86 bits per heavy atom. The zero-order valence-corrected chi connectivity index (χ0v) is 11.3. The quantitative estimate of drug-likeness (QED) is 0.772. The van der Waals surface area contributed by atoms with Gasteiger partial charge in [0.2, 0.25) is 0 Å². The van der Waals surface area contributed by atoms with Gasteiger partial charge in [0.05, 0.1) is 0 Å². The van der Waals surface area contributed by atoms with Gasteiger partial charge in [0.15, 0.2) is 0 Å². The maximum absolute atomic E-state index is 6.13. The molecule has 1 aromatic rings. The van der Waals surface area contributed by atoms with Crippen molar-refractivity contribution < 1.29 is 0 Å². The summed E-state index contributed by atoms with van der Waals surface area (Å²) in [6, 6.07) is 2.37. The summed E-state index contributed by atoms with van der Waals surface area (Å²) in [5.41, 5.74) is 10.1. The predicted octanol–water partition coefficient (Wildman–Crippen LogP) is 3.86. The normalized spacial score (nSPS) is 20.7. The summed E-state index contributed by atoms with van der Waals surface area (Å²) >= 11 is 7.26. The molecule has 1 atom stereocenters. The van der Waals surface area contributed by atoms with Crippen molar-refractivity contribution in [2.24, 2.45) is 5.73 Å². The standard InChI is InChI=1S/C11H13Br2N/c1-6-5-8(12)7-3-2-4-9(14)10(7)11(6)13/h5,9H,2-4,14H2,1H3/t9-/m1/s1. The molecule has 0 saturated heterocycles. The van der Waals surface area contributed by atoms with Gasteiger partial charge in [0.1, 0.15) is 0 Å². The minimum atomic E-state index is 0.198. The van der Waals surface area contributed by atoms with Crippen LogP contribution in [-0.4, -0.2) is 0 Å². The van der Waals surface area contributed by atoms with E-state index in [1.807, 2.05) is 0 Å². The minimum absolute atomic E-state index is 0.198. The van der Waals surface area contributed by atoms with Crippen LogP contribution in [0, 0.1) is 6.92 Å². The highest BCUT2D eigenvalue weighted by atomic mass is 79.9. The zero-order chi connectivity index (χ0) is 10.3. The lowest BCUT2D eigenvalue weighted by molar-refractivity contribution is 0.566. The number of hydrogen-bond donors (Lipinski definition) is 1. The number of benzene rings is 1. The Labute approximate surface area is 101 Å². The third-order valence-electron chi connectivity index (χ3n) is 2.85. The number of fused-ring (bicyclic) bond motifs is 1. The SMILES string of the molecule is Cc1cc(Br)c2c(c1Br)[C@H](N)CCC2. The minimum Gasteiger partial charge on any atom is -0.324 e. The van der Waals surface area contributed by atoms with E-state index in [4.69, 9.17) is 5.73 Å². The Morgan fingerprint density at radius 2 is 2.14 bits per heavy atom. The first kappa shape index (κ1) is 10.7. The van der Waals surface area contributed by atoms with Gasteiger partial charge in [0.25, 0.3) is 0 Å². The lowest BCUT2D eigenvalue weighted by Gasteiger charge is -2.25. The number of halogens is 2. The Balaban J connectivity index is 2.67. The first-order valence-corrected chi connectivity index (χ1v) is 6.43. The van der Waals surface area contributed by atoms with E-state index in [-0.39, 0.29) is 6.04 Å². The van der Waals surface area contributed by atoms with Crippen molar-refractivity contribution in [3.8, 4) is 0 Å². The van der Waals surface area contributed by atoms with Crippen LogP contribution in [-0.2, 0) is 6.42 Å². The summed E-state index contributed by atoms with van der Waals surface area (Å²) in [4.78, 5) is 0. The van der Waals surface area contributed by atoms with Gasteiger partial charge in [-0.1, -0.05) is 31.9 Å². The first-order valence-electron chi connectivity index (χ1n) is 4.84. The highest BCUT2D eigenvalue weighted by molar-refractivity contribution is 9.11. The second-order valence-corrected chi connectivity index (χ2v) is 5.53. The molecule has 0 heterocycles. The molecule has 0 aromatic heterocycles. The van der Waals surface area contributed by atoms with Crippen LogP contribution in [0.15, 0.2) is 15.0 Å².